The van der Waals surface area contributed by atoms with Crippen LogP contribution < -0.4 is 20.1 Å². The predicted molar refractivity (Wildman–Crippen MR) is 146 cm³/mol. The molecular formula is C28H45N3O8. The lowest BCUT2D eigenvalue weighted by atomic mass is 10.0. The quantitative estimate of drug-likeness (QED) is 0.336. The molecule has 220 valence electrons. The molecule has 0 aliphatic carbocycles. The van der Waals surface area contributed by atoms with Gasteiger partial charge in [0.15, 0.2) is 0 Å². The Bertz CT molecular complexity index is 974. The minimum atomic E-state index is -1.07. The van der Waals surface area contributed by atoms with Crippen molar-refractivity contribution in [1.29, 1.82) is 0 Å². The number of carbonyl (C=O) groups is 4. The molecule has 11 nitrogen and oxygen atoms in total. The van der Waals surface area contributed by atoms with Crippen LogP contribution in [0.2, 0.25) is 0 Å². The highest BCUT2D eigenvalue weighted by Crippen LogP contribution is 2.25. The largest absolute Gasteiger partial charge is 0.497 e. The molecule has 0 aliphatic heterocycles. The molecule has 0 saturated heterocycles. The second-order valence-corrected chi connectivity index (χ2v) is 10.6. The normalized spacial score (nSPS) is 12.7. The third-order valence-electron chi connectivity index (χ3n) is 5.58. The fraction of sp³-hybridized carbons (Fsp3) is 0.643. The standard InChI is InChI=1S/C28H45N3O8/c1-10-38-26(34)21(29-25(33)22(15-18(2)3)30-27(35)39-28(4,5)6)13-14-24(32)31(7)17-19-11-12-20(36-8)16-23(19)37-9/h11-12,16,18,21-22H,10,13-15,17H2,1-9H3,(H,29,33)(H,30,35)/t21-,22?/m0/s1. The summed E-state index contributed by atoms with van der Waals surface area (Å²) in [4.78, 5) is 52.5. The van der Waals surface area contributed by atoms with E-state index in [9.17, 15) is 19.2 Å². The van der Waals surface area contributed by atoms with Crippen molar-refractivity contribution in [3.05, 3.63) is 23.8 Å². The summed E-state index contributed by atoms with van der Waals surface area (Å²) >= 11 is 0. The van der Waals surface area contributed by atoms with Gasteiger partial charge in [-0.05, 0) is 58.6 Å². The van der Waals surface area contributed by atoms with E-state index in [2.05, 4.69) is 10.6 Å². The van der Waals surface area contributed by atoms with E-state index >= 15 is 0 Å². The number of ether oxygens (including phenoxy) is 4. The van der Waals surface area contributed by atoms with Crippen molar-refractivity contribution in [1.82, 2.24) is 15.5 Å². The first-order chi connectivity index (χ1) is 18.2. The first kappa shape index (κ1) is 33.5. The molecule has 1 aromatic carbocycles. The molecule has 0 saturated carbocycles. The van der Waals surface area contributed by atoms with Crippen LogP contribution in [0.15, 0.2) is 18.2 Å². The van der Waals surface area contributed by atoms with Gasteiger partial charge < -0.3 is 34.5 Å². The molecule has 39 heavy (non-hydrogen) atoms. The molecule has 0 aromatic heterocycles. The highest BCUT2D eigenvalue weighted by molar-refractivity contribution is 5.90. The first-order valence-electron chi connectivity index (χ1n) is 13.1. The molecule has 2 atom stereocenters. The lowest BCUT2D eigenvalue weighted by Crippen LogP contribution is -2.53. The van der Waals surface area contributed by atoms with Crippen molar-refractivity contribution < 1.29 is 38.1 Å². The van der Waals surface area contributed by atoms with E-state index in [0.29, 0.717) is 17.9 Å². The van der Waals surface area contributed by atoms with Gasteiger partial charge in [0.1, 0.15) is 29.2 Å². The monoisotopic (exact) mass is 551 g/mol. The number of hydrogen-bond acceptors (Lipinski definition) is 8. The Balaban J connectivity index is 2.92. The Morgan fingerprint density at radius 2 is 1.67 bits per heavy atom. The third-order valence-corrected chi connectivity index (χ3v) is 5.58. The summed E-state index contributed by atoms with van der Waals surface area (Å²) in [6.07, 6.45) is -0.408. The Hall–Kier alpha value is -3.50. The van der Waals surface area contributed by atoms with Crippen LogP contribution in [0.3, 0.4) is 0 Å². The van der Waals surface area contributed by atoms with Crippen molar-refractivity contribution in [3.8, 4) is 11.5 Å². The lowest BCUT2D eigenvalue weighted by molar-refractivity contribution is -0.148. The van der Waals surface area contributed by atoms with Crippen molar-refractivity contribution in [2.75, 3.05) is 27.9 Å². The number of alkyl carbamates (subject to hydrolysis) is 1. The molecule has 1 aromatic rings. The average molecular weight is 552 g/mol. The molecule has 1 unspecified atom stereocenters. The van der Waals surface area contributed by atoms with E-state index in [1.165, 1.54) is 12.0 Å². The SMILES string of the molecule is CCOC(=O)[C@H](CCC(=O)N(C)Cc1ccc(OC)cc1OC)NC(=O)C(CC(C)C)NC(=O)OC(C)(C)C. The minimum absolute atomic E-state index is 0.0208. The number of nitrogens with one attached hydrogen (secondary N) is 2. The summed E-state index contributed by atoms with van der Waals surface area (Å²) in [6, 6.07) is 3.33. The van der Waals surface area contributed by atoms with Gasteiger partial charge in [0.05, 0.1) is 20.8 Å². The summed E-state index contributed by atoms with van der Waals surface area (Å²) in [7, 11) is 4.74. The summed E-state index contributed by atoms with van der Waals surface area (Å²) in [6.45, 7) is 11.0. The number of nitrogens with zero attached hydrogens (tertiary/aromatic N) is 1. The van der Waals surface area contributed by atoms with Crippen LogP contribution in [-0.2, 0) is 30.4 Å². The molecule has 0 aliphatic rings. The molecule has 0 radical (unpaired) electrons. The van der Waals surface area contributed by atoms with Gasteiger partial charge in [0.25, 0.3) is 0 Å². The van der Waals surface area contributed by atoms with Crippen molar-refractivity contribution in [3.63, 3.8) is 0 Å². The molecule has 11 heteroatoms. The Morgan fingerprint density at radius 1 is 1.00 bits per heavy atom. The van der Waals surface area contributed by atoms with E-state index < -0.39 is 35.7 Å². The van der Waals surface area contributed by atoms with Crippen molar-refractivity contribution in [2.24, 2.45) is 5.92 Å². The number of amides is 3. The molecule has 0 heterocycles. The summed E-state index contributed by atoms with van der Waals surface area (Å²) < 4.78 is 21.0. The van der Waals surface area contributed by atoms with Gasteiger partial charge in [0.2, 0.25) is 11.8 Å². The van der Waals surface area contributed by atoms with Crippen LogP contribution in [0, 0.1) is 5.92 Å². The average Bonchev–Trinajstić information content (AvgIpc) is 2.84. The topological polar surface area (TPSA) is 132 Å². The number of benzene rings is 1. The van der Waals surface area contributed by atoms with Crippen LogP contribution in [0.1, 0.15) is 66.4 Å². The Morgan fingerprint density at radius 3 is 2.21 bits per heavy atom. The number of methoxy groups -OCH3 is 2. The third kappa shape index (κ3) is 12.3. The molecular weight excluding hydrogens is 506 g/mol. The maximum atomic E-state index is 13.1. The van der Waals surface area contributed by atoms with E-state index in [0.717, 1.165) is 5.56 Å². The minimum Gasteiger partial charge on any atom is -0.497 e. The van der Waals surface area contributed by atoms with Crippen molar-refractivity contribution >= 4 is 23.9 Å². The van der Waals surface area contributed by atoms with Crippen molar-refractivity contribution in [2.45, 2.75) is 85.0 Å². The summed E-state index contributed by atoms with van der Waals surface area (Å²) in [5, 5.41) is 5.25. The lowest BCUT2D eigenvalue weighted by Gasteiger charge is -2.26. The number of rotatable bonds is 14. The Kier molecular flexibility index (Phi) is 13.6. The first-order valence-corrected chi connectivity index (χ1v) is 13.1. The second kappa shape index (κ2) is 15.8. The molecule has 1 rings (SSSR count). The molecule has 3 amide bonds. The number of hydrogen-bond donors (Lipinski definition) is 2. The van der Waals surface area contributed by atoms with Crippen LogP contribution >= 0.6 is 0 Å². The molecule has 0 fully saturated rings. The number of esters is 1. The Labute approximate surface area is 231 Å². The molecule has 2 N–H and O–H groups in total. The van der Waals surface area contributed by atoms with E-state index in [1.54, 1.807) is 54.0 Å². The van der Waals surface area contributed by atoms with Gasteiger partial charge in [-0.2, -0.15) is 0 Å². The number of carbonyl (C=O) groups excluding carboxylic acids is 4. The van der Waals surface area contributed by atoms with E-state index in [1.807, 2.05) is 19.9 Å². The zero-order valence-corrected chi connectivity index (χ0v) is 24.7. The van der Waals surface area contributed by atoms with Gasteiger partial charge in [-0.25, -0.2) is 9.59 Å². The maximum absolute atomic E-state index is 13.1. The van der Waals surface area contributed by atoms with Gasteiger partial charge in [-0.15, -0.1) is 0 Å². The van der Waals surface area contributed by atoms with E-state index in [-0.39, 0.29) is 37.8 Å². The fourth-order valence-corrected chi connectivity index (χ4v) is 3.70. The van der Waals surface area contributed by atoms with E-state index in [4.69, 9.17) is 18.9 Å². The maximum Gasteiger partial charge on any atom is 0.408 e. The summed E-state index contributed by atoms with van der Waals surface area (Å²) in [5.74, 6) is -0.159. The van der Waals surface area contributed by atoms with Crippen LogP contribution in [0.4, 0.5) is 4.79 Å². The van der Waals surface area contributed by atoms with Crippen LogP contribution in [-0.4, -0.2) is 74.3 Å². The zero-order chi connectivity index (χ0) is 29.8. The van der Waals surface area contributed by atoms with Crippen LogP contribution in [0.25, 0.3) is 0 Å². The second-order valence-electron chi connectivity index (χ2n) is 10.6. The summed E-state index contributed by atoms with van der Waals surface area (Å²) in [5.41, 5.74) is 0.0488. The van der Waals surface area contributed by atoms with Gasteiger partial charge in [-0.3, -0.25) is 9.59 Å². The zero-order valence-electron chi connectivity index (χ0n) is 24.7. The smallest absolute Gasteiger partial charge is 0.408 e. The predicted octanol–water partition coefficient (Wildman–Crippen LogP) is 3.43. The van der Waals surface area contributed by atoms with Gasteiger partial charge in [-0.1, -0.05) is 13.8 Å². The molecule has 0 spiro atoms. The molecule has 0 bridgehead atoms. The highest BCUT2D eigenvalue weighted by atomic mass is 16.6. The highest BCUT2D eigenvalue weighted by Gasteiger charge is 2.30. The van der Waals surface area contributed by atoms with Gasteiger partial charge in [0, 0.05) is 31.6 Å². The van der Waals surface area contributed by atoms with Crippen LogP contribution in [0.5, 0.6) is 11.5 Å². The van der Waals surface area contributed by atoms with Gasteiger partial charge >= 0.3 is 12.1 Å². The fourth-order valence-electron chi connectivity index (χ4n) is 3.70.